The van der Waals surface area contributed by atoms with E-state index in [1.54, 1.807) is 0 Å². The van der Waals surface area contributed by atoms with Crippen molar-refractivity contribution in [1.82, 2.24) is 5.32 Å². The Kier molecular flexibility index (Phi) is 7.36. The standard InChI is InChI=1S/C20H24BrN3O2/c1-14-6-4-5-7-16(14)11-22-19(25)12-24(3)13-20(26)23-18-9-8-17(21)10-15(18)2/h4-10H,11-13H2,1-3H3,(H,22,25)(H,23,26)/p+1. The number of carbonyl (C=O) groups is 2. The van der Waals surface area contributed by atoms with Gasteiger partial charge in [0.1, 0.15) is 0 Å². The van der Waals surface area contributed by atoms with E-state index in [-0.39, 0.29) is 24.9 Å². The van der Waals surface area contributed by atoms with Crippen molar-refractivity contribution in [3.05, 3.63) is 63.6 Å². The molecule has 0 aliphatic heterocycles. The molecular formula is C20H25BrN3O2+. The highest BCUT2D eigenvalue weighted by atomic mass is 79.9. The van der Waals surface area contributed by atoms with E-state index in [1.165, 1.54) is 0 Å². The van der Waals surface area contributed by atoms with Crippen LogP contribution in [0.15, 0.2) is 46.9 Å². The Labute approximate surface area is 162 Å². The number of hydrogen-bond acceptors (Lipinski definition) is 2. The first kappa shape index (κ1) is 20.1. The molecule has 0 spiro atoms. The number of quaternary nitrogens is 1. The summed E-state index contributed by atoms with van der Waals surface area (Å²) in [5.74, 6) is -0.182. The van der Waals surface area contributed by atoms with Gasteiger partial charge in [-0.05, 0) is 48.7 Å². The summed E-state index contributed by atoms with van der Waals surface area (Å²) in [5, 5.41) is 5.81. The zero-order valence-electron chi connectivity index (χ0n) is 15.4. The van der Waals surface area contributed by atoms with E-state index in [0.717, 1.165) is 31.8 Å². The largest absolute Gasteiger partial charge is 0.347 e. The van der Waals surface area contributed by atoms with Gasteiger partial charge in [0, 0.05) is 16.7 Å². The van der Waals surface area contributed by atoms with Gasteiger partial charge in [0.15, 0.2) is 13.1 Å². The molecule has 3 N–H and O–H groups in total. The van der Waals surface area contributed by atoms with Gasteiger partial charge in [-0.3, -0.25) is 9.59 Å². The van der Waals surface area contributed by atoms with Crippen LogP contribution in [0.5, 0.6) is 0 Å². The molecule has 0 saturated carbocycles. The van der Waals surface area contributed by atoms with Crippen LogP contribution in [0.25, 0.3) is 0 Å². The van der Waals surface area contributed by atoms with Crippen molar-refractivity contribution in [2.45, 2.75) is 20.4 Å². The molecule has 0 aliphatic rings. The summed E-state index contributed by atoms with van der Waals surface area (Å²) >= 11 is 3.40. The molecule has 138 valence electrons. The molecule has 2 aromatic rings. The first-order valence-corrected chi connectivity index (χ1v) is 9.33. The Balaban J connectivity index is 1.78. The van der Waals surface area contributed by atoms with Gasteiger partial charge in [-0.15, -0.1) is 0 Å². The van der Waals surface area contributed by atoms with Gasteiger partial charge in [-0.2, -0.15) is 0 Å². The lowest BCUT2D eigenvalue weighted by Crippen LogP contribution is -3.11. The van der Waals surface area contributed by atoms with E-state index >= 15 is 0 Å². The molecule has 0 heterocycles. The molecule has 0 saturated heterocycles. The number of nitrogens with one attached hydrogen (secondary N) is 3. The first-order valence-electron chi connectivity index (χ1n) is 8.53. The molecule has 26 heavy (non-hydrogen) atoms. The van der Waals surface area contributed by atoms with Gasteiger partial charge in [0.2, 0.25) is 0 Å². The average Bonchev–Trinajstić information content (AvgIpc) is 2.56. The molecule has 2 rings (SSSR count). The summed E-state index contributed by atoms with van der Waals surface area (Å²) in [6.45, 7) is 4.94. The van der Waals surface area contributed by atoms with Crippen LogP contribution < -0.4 is 15.5 Å². The lowest BCUT2D eigenvalue weighted by Gasteiger charge is -2.15. The first-order chi connectivity index (χ1) is 12.3. The highest BCUT2D eigenvalue weighted by Crippen LogP contribution is 2.19. The predicted molar refractivity (Wildman–Crippen MR) is 107 cm³/mol. The van der Waals surface area contributed by atoms with Crippen molar-refractivity contribution in [2.75, 3.05) is 25.5 Å². The summed E-state index contributed by atoms with van der Waals surface area (Å²) < 4.78 is 0.973. The number of likely N-dealkylation sites (N-methyl/N-ethyl adjacent to an activating group) is 1. The maximum Gasteiger partial charge on any atom is 0.279 e. The second-order valence-electron chi connectivity index (χ2n) is 6.52. The Morgan fingerprint density at radius 2 is 1.69 bits per heavy atom. The number of anilines is 1. The fourth-order valence-corrected chi connectivity index (χ4v) is 3.11. The third-order valence-corrected chi connectivity index (χ3v) is 4.62. The summed E-state index contributed by atoms with van der Waals surface area (Å²) in [6, 6.07) is 13.7. The molecule has 0 aromatic heterocycles. The Bertz CT molecular complexity index is 792. The SMILES string of the molecule is Cc1ccccc1CNC(=O)C[NH+](C)CC(=O)Nc1ccc(Br)cc1C. The lowest BCUT2D eigenvalue weighted by atomic mass is 10.1. The molecule has 1 unspecified atom stereocenters. The van der Waals surface area contributed by atoms with Crippen LogP contribution in [0.4, 0.5) is 5.69 Å². The topological polar surface area (TPSA) is 62.6 Å². The number of amides is 2. The van der Waals surface area contributed by atoms with Gasteiger partial charge in [-0.25, -0.2) is 0 Å². The third-order valence-electron chi connectivity index (χ3n) is 4.12. The molecule has 6 heteroatoms. The number of rotatable bonds is 7. The minimum absolute atomic E-state index is 0.0709. The van der Waals surface area contributed by atoms with Crippen LogP contribution >= 0.6 is 15.9 Å². The van der Waals surface area contributed by atoms with Crippen LogP contribution in [-0.4, -0.2) is 32.0 Å². The summed E-state index contributed by atoms with van der Waals surface area (Å²) in [6.07, 6.45) is 0. The number of benzene rings is 2. The average molecular weight is 419 g/mol. The van der Waals surface area contributed by atoms with E-state index < -0.39 is 0 Å². The fourth-order valence-electron chi connectivity index (χ4n) is 2.64. The van der Waals surface area contributed by atoms with Gasteiger partial charge < -0.3 is 15.5 Å². The molecule has 0 bridgehead atoms. The van der Waals surface area contributed by atoms with Crippen molar-refractivity contribution in [1.29, 1.82) is 0 Å². The van der Waals surface area contributed by atoms with Crippen LogP contribution in [0.1, 0.15) is 16.7 Å². The maximum absolute atomic E-state index is 12.2. The van der Waals surface area contributed by atoms with Gasteiger partial charge in [0.05, 0.1) is 7.05 Å². The van der Waals surface area contributed by atoms with Crippen molar-refractivity contribution in [3.63, 3.8) is 0 Å². The maximum atomic E-state index is 12.2. The van der Waals surface area contributed by atoms with E-state index in [4.69, 9.17) is 0 Å². The van der Waals surface area contributed by atoms with Crippen molar-refractivity contribution < 1.29 is 14.5 Å². The minimum atomic E-state index is -0.111. The van der Waals surface area contributed by atoms with E-state index in [2.05, 4.69) is 26.6 Å². The Morgan fingerprint density at radius 3 is 2.38 bits per heavy atom. The van der Waals surface area contributed by atoms with Crippen LogP contribution in [0, 0.1) is 13.8 Å². The summed E-state index contributed by atoms with van der Waals surface area (Å²) in [4.78, 5) is 25.1. The number of aryl methyl sites for hydroxylation is 2. The number of hydrogen-bond donors (Lipinski definition) is 3. The summed E-state index contributed by atoms with van der Waals surface area (Å²) in [7, 11) is 1.83. The van der Waals surface area contributed by atoms with Crippen LogP contribution in [0.3, 0.4) is 0 Å². The molecular weight excluding hydrogens is 394 g/mol. The zero-order chi connectivity index (χ0) is 19.1. The third kappa shape index (κ3) is 6.28. The smallest absolute Gasteiger partial charge is 0.279 e. The Morgan fingerprint density at radius 1 is 1.00 bits per heavy atom. The second kappa shape index (κ2) is 9.50. The van der Waals surface area contributed by atoms with Gasteiger partial charge in [-0.1, -0.05) is 40.2 Å². The van der Waals surface area contributed by atoms with Crippen LogP contribution in [0.2, 0.25) is 0 Å². The van der Waals surface area contributed by atoms with Crippen molar-refractivity contribution in [2.24, 2.45) is 0 Å². The summed E-state index contributed by atoms with van der Waals surface area (Å²) in [5.41, 5.74) is 4.02. The van der Waals surface area contributed by atoms with Crippen molar-refractivity contribution in [3.8, 4) is 0 Å². The molecule has 2 aromatic carbocycles. The quantitative estimate of drug-likeness (QED) is 0.642. The second-order valence-corrected chi connectivity index (χ2v) is 7.44. The van der Waals surface area contributed by atoms with E-state index in [0.29, 0.717) is 6.54 Å². The Hall–Kier alpha value is -2.18. The van der Waals surface area contributed by atoms with Crippen molar-refractivity contribution >= 4 is 33.4 Å². The number of halogens is 1. The van der Waals surface area contributed by atoms with E-state index in [9.17, 15) is 9.59 Å². The lowest BCUT2D eigenvalue weighted by molar-refractivity contribution is -0.862. The van der Waals surface area contributed by atoms with E-state index in [1.807, 2.05) is 63.4 Å². The highest BCUT2D eigenvalue weighted by Gasteiger charge is 2.15. The zero-order valence-corrected chi connectivity index (χ0v) is 16.9. The molecule has 0 fully saturated rings. The normalized spacial score (nSPS) is 11.7. The fraction of sp³-hybridized carbons (Fsp3) is 0.300. The van der Waals surface area contributed by atoms with Crippen LogP contribution in [-0.2, 0) is 16.1 Å². The molecule has 5 nitrogen and oxygen atoms in total. The predicted octanol–water partition coefficient (Wildman–Crippen LogP) is 1.84. The molecule has 1 atom stereocenters. The molecule has 0 radical (unpaired) electrons. The van der Waals surface area contributed by atoms with Gasteiger partial charge in [0.25, 0.3) is 11.8 Å². The molecule has 2 amide bonds. The minimum Gasteiger partial charge on any atom is -0.347 e. The highest BCUT2D eigenvalue weighted by molar-refractivity contribution is 9.10. The number of carbonyl (C=O) groups excluding carboxylic acids is 2. The van der Waals surface area contributed by atoms with Gasteiger partial charge >= 0.3 is 0 Å². The molecule has 0 aliphatic carbocycles. The monoisotopic (exact) mass is 418 g/mol.